The van der Waals surface area contributed by atoms with E-state index in [4.69, 9.17) is 27.9 Å². The summed E-state index contributed by atoms with van der Waals surface area (Å²) in [5, 5.41) is 5.05. The van der Waals surface area contributed by atoms with E-state index >= 15 is 0 Å². The highest BCUT2D eigenvalue weighted by atomic mass is 35.5. The topological polar surface area (TPSA) is 21.3 Å². The van der Waals surface area contributed by atoms with Crippen molar-refractivity contribution in [1.82, 2.24) is 5.32 Å². The van der Waals surface area contributed by atoms with Crippen LogP contribution in [0.15, 0.2) is 18.2 Å². The lowest BCUT2D eigenvalue weighted by Gasteiger charge is -2.52. The third-order valence-electron chi connectivity index (χ3n) is 4.35. The van der Waals surface area contributed by atoms with E-state index in [1.54, 1.807) is 6.07 Å². The summed E-state index contributed by atoms with van der Waals surface area (Å²) in [7, 11) is 0. The summed E-state index contributed by atoms with van der Waals surface area (Å²) in [5.74, 6) is 0. The molecule has 0 heterocycles. The predicted molar refractivity (Wildman–Crippen MR) is 85.8 cm³/mol. The lowest BCUT2D eigenvalue weighted by molar-refractivity contribution is -0.113. The van der Waals surface area contributed by atoms with Gasteiger partial charge in [0.2, 0.25) is 0 Å². The number of benzene rings is 1. The molecule has 2 unspecified atom stereocenters. The van der Waals surface area contributed by atoms with Gasteiger partial charge in [-0.05, 0) is 44.0 Å². The Morgan fingerprint density at radius 1 is 1.35 bits per heavy atom. The smallest absolute Gasteiger partial charge is 0.0655 e. The molecule has 1 aromatic rings. The van der Waals surface area contributed by atoms with Crippen molar-refractivity contribution in [2.75, 3.05) is 13.2 Å². The summed E-state index contributed by atoms with van der Waals surface area (Å²) < 4.78 is 5.74. The van der Waals surface area contributed by atoms with Crippen molar-refractivity contribution < 1.29 is 4.74 Å². The Hall–Kier alpha value is -0.280. The minimum Gasteiger partial charge on any atom is -0.378 e. The van der Waals surface area contributed by atoms with Gasteiger partial charge in [-0.1, -0.05) is 43.1 Å². The van der Waals surface area contributed by atoms with E-state index in [1.165, 1.54) is 0 Å². The zero-order valence-corrected chi connectivity index (χ0v) is 13.9. The largest absolute Gasteiger partial charge is 0.378 e. The van der Waals surface area contributed by atoms with Crippen LogP contribution in [0.5, 0.6) is 0 Å². The monoisotopic (exact) mass is 315 g/mol. The third kappa shape index (κ3) is 3.48. The summed E-state index contributed by atoms with van der Waals surface area (Å²) >= 11 is 12.1. The average molecular weight is 316 g/mol. The summed E-state index contributed by atoms with van der Waals surface area (Å²) in [6.45, 7) is 8.31. The first kappa shape index (κ1) is 16.1. The Morgan fingerprint density at radius 2 is 2.10 bits per heavy atom. The molecule has 0 aliphatic heterocycles. The fraction of sp³-hybridized carbons (Fsp3) is 0.625. The predicted octanol–water partition coefficient (Wildman–Crippen LogP) is 4.33. The summed E-state index contributed by atoms with van der Waals surface area (Å²) in [5.41, 5.74) is 1.35. The highest BCUT2D eigenvalue weighted by Gasteiger charge is 2.48. The maximum atomic E-state index is 6.18. The number of hydrogen-bond donors (Lipinski definition) is 1. The molecule has 0 bridgehead atoms. The van der Waals surface area contributed by atoms with Crippen LogP contribution < -0.4 is 5.32 Å². The molecule has 20 heavy (non-hydrogen) atoms. The Kier molecular flexibility index (Phi) is 5.36. The van der Waals surface area contributed by atoms with Crippen molar-refractivity contribution in [1.29, 1.82) is 0 Å². The molecule has 1 aliphatic rings. The molecule has 0 radical (unpaired) electrons. The third-order valence-corrected chi connectivity index (χ3v) is 4.93. The van der Waals surface area contributed by atoms with Gasteiger partial charge < -0.3 is 10.1 Å². The fourth-order valence-electron chi connectivity index (χ4n) is 2.82. The summed E-state index contributed by atoms with van der Waals surface area (Å²) in [6, 6.07) is 6.21. The van der Waals surface area contributed by atoms with Crippen LogP contribution in [0.1, 0.15) is 32.8 Å². The van der Waals surface area contributed by atoms with Crippen molar-refractivity contribution >= 4 is 23.2 Å². The van der Waals surface area contributed by atoms with Gasteiger partial charge in [0, 0.05) is 28.1 Å². The molecule has 4 heteroatoms. The fourth-order valence-corrected chi connectivity index (χ4v) is 3.32. The van der Waals surface area contributed by atoms with E-state index in [9.17, 15) is 0 Å². The first-order chi connectivity index (χ1) is 9.45. The lowest BCUT2D eigenvalue weighted by atomic mass is 9.64. The standard InChI is InChI=1S/C16H23Cl2NO/c1-4-20-15-10-14(16(15,2)3)19-8-7-11-5-6-12(17)9-13(11)18/h5-6,9,14-15,19H,4,7-8,10H2,1-3H3. The van der Waals surface area contributed by atoms with Gasteiger partial charge >= 0.3 is 0 Å². The van der Waals surface area contributed by atoms with Gasteiger partial charge in [-0.3, -0.25) is 0 Å². The molecule has 1 aliphatic carbocycles. The van der Waals surface area contributed by atoms with Crippen LogP contribution >= 0.6 is 23.2 Å². The molecule has 1 fully saturated rings. The van der Waals surface area contributed by atoms with E-state index < -0.39 is 0 Å². The van der Waals surface area contributed by atoms with Crippen molar-refractivity contribution in [2.45, 2.75) is 45.8 Å². The van der Waals surface area contributed by atoms with Gasteiger partial charge in [0.15, 0.2) is 0 Å². The van der Waals surface area contributed by atoms with Gasteiger partial charge in [-0.25, -0.2) is 0 Å². The summed E-state index contributed by atoms with van der Waals surface area (Å²) in [4.78, 5) is 0. The zero-order chi connectivity index (χ0) is 14.8. The van der Waals surface area contributed by atoms with E-state index in [0.717, 1.165) is 36.6 Å². The lowest BCUT2D eigenvalue weighted by Crippen LogP contribution is -2.61. The first-order valence-electron chi connectivity index (χ1n) is 7.24. The van der Waals surface area contributed by atoms with Crippen LogP contribution in [0.25, 0.3) is 0 Å². The molecule has 112 valence electrons. The number of ether oxygens (including phenoxy) is 1. The van der Waals surface area contributed by atoms with Crippen LogP contribution in [0, 0.1) is 5.41 Å². The van der Waals surface area contributed by atoms with Gasteiger partial charge in [0.05, 0.1) is 6.10 Å². The molecule has 0 aromatic heterocycles. The second-order valence-electron chi connectivity index (χ2n) is 5.99. The first-order valence-corrected chi connectivity index (χ1v) is 7.99. The van der Waals surface area contributed by atoms with Crippen LogP contribution in [0.3, 0.4) is 0 Å². The van der Waals surface area contributed by atoms with Gasteiger partial charge in [0.25, 0.3) is 0 Å². The maximum Gasteiger partial charge on any atom is 0.0655 e. The molecule has 1 saturated carbocycles. The van der Waals surface area contributed by atoms with E-state index in [-0.39, 0.29) is 5.41 Å². The van der Waals surface area contributed by atoms with Crippen LogP contribution in [-0.2, 0) is 11.2 Å². The van der Waals surface area contributed by atoms with Gasteiger partial charge in [-0.15, -0.1) is 0 Å². The highest BCUT2D eigenvalue weighted by Crippen LogP contribution is 2.42. The minimum atomic E-state index is 0.208. The van der Waals surface area contributed by atoms with E-state index in [1.807, 2.05) is 12.1 Å². The number of halogens is 2. The quantitative estimate of drug-likeness (QED) is 0.843. The van der Waals surface area contributed by atoms with E-state index in [2.05, 4.69) is 26.1 Å². The normalized spacial score (nSPS) is 24.4. The number of hydrogen-bond acceptors (Lipinski definition) is 2. The maximum absolute atomic E-state index is 6.18. The molecule has 0 amide bonds. The van der Waals surface area contributed by atoms with Gasteiger partial charge in [0.1, 0.15) is 0 Å². The van der Waals surface area contributed by atoms with Crippen molar-refractivity contribution in [3.8, 4) is 0 Å². The Labute approximate surface area is 131 Å². The number of nitrogens with one attached hydrogen (secondary N) is 1. The molecular formula is C16H23Cl2NO. The second-order valence-corrected chi connectivity index (χ2v) is 6.84. The van der Waals surface area contributed by atoms with Crippen LogP contribution in [0.4, 0.5) is 0 Å². The van der Waals surface area contributed by atoms with Crippen LogP contribution in [-0.4, -0.2) is 25.3 Å². The average Bonchev–Trinajstić information content (AvgIpc) is 2.39. The SMILES string of the molecule is CCOC1CC(NCCc2ccc(Cl)cc2Cl)C1(C)C. The Morgan fingerprint density at radius 3 is 2.70 bits per heavy atom. The molecule has 1 aromatic carbocycles. The zero-order valence-electron chi connectivity index (χ0n) is 12.4. The van der Waals surface area contributed by atoms with E-state index in [0.29, 0.717) is 17.2 Å². The molecule has 0 saturated heterocycles. The molecule has 2 nitrogen and oxygen atoms in total. The molecule has 0 spiro atoms. The Balaban J connectivity index is 1.80. The highest BCUT2D eigenvalue weighted by molar-refractivity contribution is 6.35. The second kappa shape index (κ2) is 6.65. The van der Waals surface area contributed by atoms with Crippen molar-refractivity contribution in [2.24, 2.45) is 5.41 Å². The van der Waals surface area contributed by atoms with Crippen molar-refractivity contribution in [3.05, 3.63) is 33.8 Å². The summed E-state index contributed by atoms with van der Waals surface area (Å²) in [6.07, 6.45) is 2.39. The molecular weight excluding hydrogens is 293 g/mol. The van der Waals surface area contributed by atoms with Gasteiger partial charge in [-0.2, -0.15) is 0 Å². The number of rotatable bonds is 6. The van der Waals surface area contributed by atoms with Crippen LogP contribution in [0.2, 0.25) is 10.0 Å². The molecule has 1 N–H and O–H groups in total. The minimum absolute atomic E-state index is 0.208. The van der Waals surface area contributed by atoms with Crippen molar-refractivity contribution in [3.63, 3.8) is 0 Å². The Bertz CT molecular complexity index is 462. The molecule has 2 rings (SSSR count). The molecule has 2 atom stereocenters.